The molecule has 2 aromatic rings. The van der Waals surface area contributed by atoms with E-state index < -0.39 is 5.91 Å². The quantitative estimate of drug-likeness (QED) is 0.841. The fourth-order valence-electron chi connectivity index (χ4n) is 2.75. The van der Waals surface area contributed by atoms with Gasteiger partial charge in [0.15, 0.2) is 6.10 Å². The third-order valence-electron chi connectivity index (χ3n) is 4.08. The number of hydrogen-bond acceptors (Lipinski definition) is 5. The van der Waals surface area contributed by atoms with Gasteiger partial charge in [0.25, 0.3) is 0 Å². The molecule has 2 N–H and O–H groups in total. The van der Waals surface area contributed by atoms with Gasteiger partial charge in [0, 0.05) is 11.3 Å². The lowest BCUT2D eigenvalue weighted by atomic mass is 10.1. The Labute approximate surface area is 146 Å². The number of morpholine rings is 1. The minimum Gasteiger partial charge on any atom is -0.489 e. The maximum Gasteiger partial charge on any atom is 0.326 e. The van der Waals surface area contributed by atoms with Crippen LogP contribution >= 0.6 is 0 Å². The lowest BCUT2D eigenvalue weighted by molar-refractivity contribution is -0.151. The Hall–Kier alpha value is -3.02. The van der Waals surface area contributed by atoms with Crippen LogP contribution in [0.4, 0.5) is 5.69 Å². The van der Waals surface area contributed by atoms with Crippen LogP contribution in [0.3, 0.4) is 0 Å². The SMILES string of the molecule is Cc1ccccc1OCC1CN(c2ccc(C(N)=O)cc2)CC(=O)O1. The van der Waals surface area contributed by atoms with Crippen LogP contribution in [0.1, 0.15) is 15.9 Å². The molecule has 0 saturated carbocycles. The summed E-state index contributed by atoms with van der Waals surface area (Å²) in [5.41, 5.74) is 7.55. The summed E-state index contributed by atoms with van der Waals surface area (Å²) in [7, 11) is 0. The molecule has 25 heavy (non-hydrogen) atoms. The predicted octanol–water partition coefficient (Wildman–Crippen LogP) is 1.90. The van der Waals surface area contributed by atoms with E-state index in [0.717, 1.165) is 17.0 Å². The average molecular weight is 340 g/mol. The molecule has 2 aromatic carbocycles. The second kappa shape index (κ2) is 7.25. The Balaban J connectivity index is 1.66. The predicted molar refractivity (Wildman–Crippen MR) is 93.7 cm³/mol. The second-order valence-corrected chi connectivity index (χ2v) is 5.98. The zero-order valence-electron chi connectivity index (χ0n) is 14.0. The number of anilines is 1. The molecule has 0 aliphatic carbocycles. The highest BCUT2D eigenvalue weighted by Gasteiger charge is 2.27. The largest absolute Gasteiger partial charge is 0.489 e. The maximum atomic E-state index is 11.9. The minimum absolute atomic E-state index is 0.163. The van der Waals surface area contributed by atoms with Gasteiger partial charge < -0.3 is 20.1 Å². The number of nitrogens with zero attached hydrogens (tertiary/aromatic N) is 1. The molecular formula is C19H20N2O4. The number of hydrogen-bond donors (Lipinski definition) is 1. The van der Waals surface area contributed by atoms with E-state index in [-0.39, 0.29) is 25.2 Å². The molecule has 1 aliphatic heterocycles. The Bertz CT molecular complexity index is 773. The van der Waals surface area contributed by atoms with Crippen molar-refractivity contribution >= 4 is 17.6 Å². The highest BCUT2D eigenvalue weighted by atomic mass is 16.6. The van der Waals surface area contributed by atoms with E-state index in [2.05, 4.69) is 0 Å². The second-order valence-electron chi connectivity index (χ2n) is 5.98. The van der Waals surface area contributed by atoms with Crippen molar-refractivity contribution in [2.75, 3.05) is 24.6 Å². The van der Waals surface area contributed by atoms with Crippen molar-refractivity contribution in [1.82, 2.24) is 0 Å². The van der Waals surface area contributed by atoms with Crippen molar-refractivity contribution in [2.45, 2.75) is 13.0 Å². The van der Waals surface area contributed by atoms with E-state index in [1.165, 1.54) is 0 Å². The number of carbonyl (C=O) groups excluding carboxylic acids is 2. The number of nitrogens with two attached hydrogens (primary N) is 1. The summed E-state index contributed by atoms with van der Waals surface area (Å²) in [5.74, 6) is -0.000735. The first-order valence-corrected chi connectivity index (χ1v) is 8.05. The van der Waals surface area contributed by atoms with Gasteiger partial charge in [-0.1, -0.05) is 18.2 Å². The monoisotopic (exact) mass is 340 g/mol. The molecule has 1 atom stereocenters. The van der Waals surface area contributed by atoms with Gasteiger partial charge in [-0.2, -0.15) is 0 Å². The smallest absolute Gasteiger partial charge is 0.326 e. The first kappa shape index (κ1) is 16.8. The van der Waals surface area contributed by atoms with Crippen LogP contribution in [0.2, 0.25) is 0 Å². The molecule has 0 spiro atoms. The molecule has 1 aliphatic rings. The molecule has 1 saturated heterocycles. The Morgan fingerprint density at radius 1 is 1.24 bits per heavy atom. The van der Waals surface area contributed by atoms with Gasteiger partial charge in [-0.05, 0) is 42.8 Å². The molecule has 0 bridgehead atoms. The summed E-state index contributed by atoms with van der Waals surface area (Å²) in [6, 6.07) is 14.6. The lowest BCUT2D eigenvalue weighted by Crippen LogP contribution is -2.47. The molecule has 6 nitrogen and oxygen atoms in total. The van der Waals surface area contributed by atoms with Crippen molar-refractivity contribution < 1.29 is 19.1 Å². The fourth-order valence-corrected chi connectivity index (χ4v) is 2.75. The number of esters is 1. The highest BCUT2D eigenvalue weighted by Crippen LogP contribution is 2.21. The van der Waals surface area contributed by atoms with Crippen LogP contribution in [-0.4, -0.2) is 37.7 Å². The van der Waals surface area contributed by atoms with Crippen LogP contribution in [0.25, 0.3) is 0 Å². The van der Waals surface area contributed by atoms with E-state index >= 15 is 0 Å². The summed E-state index contributed by atoms with van der Waals surface area (Å²) in [4.78, 5) is 25.0. The normalized spacial score (nSPS) is 17.1. The molecule has 1 amide bonds. The molecule has 1 unspecified atom stereocenters. The van der Waals surface area contributed by atoms with Crippen molar-refractivity contribution in [3.8, 4) is 5.75 Å². The van der Waals surface area contributed by atoms with Crippen LogP contribution < -0.4 is 15.4 Å². The Morgan fingerprint density at radius 2 is 1.96 bits per heavy atom. The van der Waals surface area contributed by atoms with E-state index in [1.54, 1.807) is 24.3 Å². The van der Waals surface area contributed by atoms with Gasteiger partial charge in [0.05, 0.1) is 6.54 Å². The molecule has 3 rings (SSSR count). The minimum atomic E-state index is -0.478. The third-order valence-corrected chi connectivity index (χ3v) is 4.08. The lowest BCUT2D eigenvalue weighted by Gasteiger charge is -2.33. The first-order chi connectivity index (χ1) is 12.0. The van der Waals surface area contributed by atoms with E-state index in [9.17, 15) is 9.59 Å². The summed E-state index contributed by atoms with van der Waals surface area (Å²) >= 11 is 0. The number of para-hydroxylation sites is 1. The van der Waals surface area contributed by atoms with Crippen molar-refractivity contribution in [1.29, 1.82) is 0 Å². The summed E-state index contributed by atoms with van der Waals surface area (Å²) in [6.07, 6.45) is -0.364. The number of cyclic esters (lactones) is 1. The van der Waals surface area contributed by atoms with Crippen LogP contribution in [0, 0.1) is 6.92 Å². The molecule has 0 radical (unpaired) electrons. The standard InChI is InChI=1S/C19H20N2O4/c1-13-4-2-3-5-17(13)24-12-16-10-21(11-18(22)25-16)15-8-6-14(7-9-15)19(20)23/h2-9,16H,10-12H2,1H3,(H2,20,23). The van der Waals surface area contributed by atoms with Crippen molar-refractivity contribution in [2.24, 2.45) is 5.73 Å². The molecular weight excluding hydrogens is 320 g/mol. The molecule has 130 valence electrons. The molecule has 1 heterocycles. The maximum absolute atomic E-state index is 11.9. The van der Waals surface area contributed by atoms with Gasteiger partial charge in [0.1, 0.15) is 18.9 Å². The number of ether oxygens (including phenoxy) is 2. The van der Waals surface area contributed by atoms with Crippen LogP contribution in [0.15, 0.2) is 48.5 Å². The van der Waals surface area contributed by atoms with Gasteiger partial charge in [-0.25, -0.2) is 0 Å². The number of rotatable bonds is 5. The molecule has 0 aromatic heterocycles. The van der Waals surface area contributed by atoms with Gasteiger partial charge in [-0.3, -0.25) is 9.59 Å². The Morgan fingerprint density at radius 3 is 2.64 bits per heavy atom. The number of benzene rings is 2. The van der Waals surface area contributed by atoms with E-state index in [0.29, 0.717) is 12.1 Å². The summed E-state index contributed by atoms with van der Waals surface area (Å²) in [5, 5.41) is 0. The van der Waals surface area contributed by atoms with Crippen LogP contribution in [0.5, 0.6) is 5.75 Å². The topological polar surface area (TPSA) is 81.9 Å². The number of aryl methyl sites for hydroxylation is 1. The van der Waals surface area contributed by atoms with Gasteiger partial charge in [0.2, 0.25) is 5.91 Å². The third kappa shape index (κ3) is 4.09. The zero-order valence-corrected chi connectivity index (χ0v) is 14.0. The first-order valence-electron chi connectivity index (χ1n) is 8.05. The number of carbonyl (C=O) groups is 2. The van der Waals surface area contributed by atoms with Crippen LogP contribution in [-0.2, 0) is 9.53 Å². The fraction of sp³-hybridized carbons (Fsp3) is 0.263. The van der Waals surface area contributed by atoms with E-state index in [4.69, 9.17) is 15.2 Å². The highest BCUT2D eigenvalue weighted by molar-refractivity contribution is 5.93. The van der Waals surface area contributed by atoms with Crippen molar-refractivity contribution in [3.63, 3.8) is 0 Å². The summed E-state index contributed by atoms with van der Waals surface area (Å²) in [6.45, 7) is 2.94. The van der Waals surface area contributed by atoms with E-state index in [1.807, 2.05) is 36.1 Å². The molecule has 1 fully saturated rings. The number of amides is 1. The Kier molecular flexibility index (Phi) is 4.88. The van der Waals surface area contributed by atoms with Gasteiger partial charge in [-0.15, -0.1) is 0 Å². The number of primary amides is 1. The average Bonchev–Trinajstić information content (AvgIpc) is 2.60. The summed E-state index contributed by atoms with van der Waals surface area (Å²) < 4.78 is 11.2. The van der Waals surface area contributed by atoms with Crippen molar-refractivity contribution in [3.05, 3.63) is 59.7 Å². The zero-order chi connectivity index (χ0) is 17.8. The van der Waals surface area contributed by atoms with Gasteiger partial charge >= 0.3 is 5.97 Å². The molecule has 6 heteroatoms.